The number of aromatic hydroxyl groups is 1. The zero-order valence-electron chi connectivity index (χ0n) is 14.6. The molecule has 0 spiro atoms. The third-order valence-corrected chi connectivity index (χ3v) is 5.75. The molecule has 1 aliphatic heterocycles. The minimum Gasteiger partial charge on any atom is -0.508 e. The van der Waals surface area contributed by atoms with Crippen LogP contribution in [0.4, 0.5) is 4.79 Å². The van der Waals surface area contributed by atoms with Gasteiger partial charge in [0.1, 0.15) is 5.75 Å². The lowest BCUT2D eigenvalue weighted by molar-refractivity contribution is -0.123. The maximum absolute atomic E-state index is 12.8. The first-order chi connectivity index (χ1) is 13.5. The standard InChI is InChI=1S/C21H15BrN2O3S/c22-15-5-3-14(4-6-15)13-24-20(26)19(28-21(24)27)12-17-2-1-11-23(17)16-7-9-18(25)10-8-16/h1-12,25H,13H2/b19-12-. The molecule has 1 saturated heterocycles. The number of benzene rings is 2. The lowest BCUT2D eigenvalue weighted by atomic mass is 10.2. The highest BCUT2D eigenvalue weighted by atomic mass is 79.9. The zero-order valence-corrected chi connectivity index (χ0v) is 17.0. The van der Waals surface area contributed by atoms with Crippen molar-refractivity contribution >= 4 is 44.9 Å². The third-order valence-electron chi connectivity index (χ3n) is 4.31. The number of aromatic nitrogens is 1. The van der Waals surface area contributed by atoms with E-state index in [-0.39, 0.29) is 23.4 Å². The molecule has 0 saturated carbocycles. The Hall–Kier alpha value is -2.77. The quantitative estimate of drug-likeness (QED) is 0.551. The summed E-state index contributed by atoms with van der Waals surface area (Å²) in [7, 11) is 0. The fraction of sp³-hybridized carbons (Fsp3) is 0.0476. The van der Waals surface area contributed by atoms with Gasteiger partial charge in [0, 0.05) is 22.1 Å². The van der Waals surface area contributed by atoms with Gasteiger partial charge < -0.3 is 9.67 Å². The fourth-order valence-corrected chi connectivity index (χ4v) is 3.99. The first-order valence-corrected chi connectivity index (χ1v) is 10.1. The van der Waals surface area contributed by atoms with Crippen molar-refractivity contribution in [2.75, 3.05) is 0 Å². The summed E-state index contributed by atoms with van der Waals surface area (Å²) in [6.45, 7) is 0.244. The Kier molecular flexibility index (Phi) is 5.11. The van der Waals surface area contributed by atoms with E-state index in [4.69, 9.17) is 0 Å². The first kappa shape index (κ1) is 18.6. The van der Waals surface area contributed by atoms with Gasteiger partial charge >= 0.3 is 0 Å². The lowest BCUT2D eigenvalue weighted by Gasteiger charge is -2.12. The molecular formula is C21H15BrN2O3S. The van der Waals surface area contributed by atoms with Crippen LogP contribution in [0.25, 0.3) is 11.8 Å². The van der Waals surface area contributed by atoms with Crippen LogP contribution in [-0.2, 0) is 11.3 Å². The van der Waals surface area contributed by atoms with E-state index in [2.05, 4.69) is 15.9 Å². The summed E-state index contributed by atoms with van der Waals surface area (Å²) in [5, 5.41) is 9.19. The highest BCUT2D eigenvalue weighted by molar-refractivity contribution is 9.10. The van der Waals surface area contributed by atoms with Crippen molar-refractivity contribution in [3.05, 3.63) is 87.5 Å². The van der Waals surface area contributed by atoms with Gasteiger partial charge in [0.25, 0.3) is 11.1 Å². The molecule has 1 fully saturated rings. The summed E-state index contributed by atoms with van der Waals surface area (Å²) in [5.41, 5.74) is 2.52. The average molecular weight is 455 g/mol. The van der Waals surface area contributed by atoms with Gasteiger partial charge in [-0.3, -0.25) is 14.5 Å². The molecule has 1 aromatic heterocycles. The number of phenols is 1. The molecule has 2 heterocycles. The number of halogens is 1. The van der Waals surface area contributed by atoms with Gasteiger partial charge in [-0.1, -0.05) is 28.1 Å². The molecule has 0 unspecified atom stereocenters. The van der Waals surface area contributed by atoms with Gasteiger partial charge in [-0.15, -0.1) is 0 Å². The number of phenolic OH excluding ortho intramolecular Hbond substituents is 1. The van der Waals surface area contributed by atoms with E-state index >= 15 is 0 Å². The Morgan fingerprint density at radius 1 is 1.00 bits per heavy atom. The van der Waals surface area contributed by atoms with Crippen molar-refractivity contribution in [3.63, 3.8) is 0 Å². The average Bonchev–Trinajstić information content (AvgIpc) is 3.24. The largest absolute Gasteiger partial charge is 0.508 e. The highest BCUT2D eigenvalue weighted by Gasteiger charge is 2.35. The molecule has 1 aliphatic rings. The number of carbonyl (C=O) groups is 2. The van der Waals surface area contributed by atoms with Crippen LogP contribution in [0, 0.1) is 0 Å². The Morgan fingerprint density at radius 2 is 1.71 bits per heavy atom. The molecule has 3 aromatic rings. The molecule has 0 aliphatic carbocycles. The highest BCUT2D eigenvalue weighted by Crippen LogP contribution is 2.34. The van der Waals surface area contributed by atoms with Crippen LogP contribution < -0.4 is 0 Å². The number of thioether (sulfide) groups is 1. The van der Waals surface area contributed by atoms with Crippen molar-refractivity contribution in [2.45, 2.75) is 6.54 Å². The molecule has 1 N–H and O–H groups in total. The molecule has 28 heavy (non-hydrogen) atoms. The summed E-state index contributed by atoms with van der Waals surface area (Å²) >= 11 is 4.32. The van der Waals surface area contributed by atoms with E-state index in [0.717, 1.165) is 33.2 Å². The Bertz CT molecular complexity index is 1070. The third kappa shape index (κ3) is 3.76. The first-order valence-electron chi connectivity index (χ1n) is 8.48. The molecular weight excluding hydrogens is 440 g/mol. The van der Waals surface area contributed by atoms with Crippen molar-refractivity contribution in [3.8, 4) is 11.4 Å². The molecule has 7 heteroatoms. The normalized spacial score (nSPS) is 15.6. The number of carbonyl (C=O) groups excluding carboxylic acids is 2. The van der Waals surface area contributed by atoms with E-state index in [9.17, 15) is 14.7 Å². The van der Waals surface area contributed by atoms with Crippen molar-refractivity contribution in [1.82, 2.24) is 9.47 Å². The zero-order chi connectivity index (χ0) is 19.7. The lowest BCUT2D eigenvalue weighted by Crippen LogP contribution is -2.27. The molecule has 0 atom stereocenters. The van der Waals surface area contributed by atoms with Crippen LogP contribution in [0.2, 0.25) is 0 Å². The smallest absolute Gasteiger partial charge is 0.293 e. The van der Waals surface area contributed by atoms with E-state index < -0.39 is 0 Å². The topological polar surface area (TPSA) is 62.5 Å². The van der Waals surface area contributed by atoms with Crippen LogP contribution in [0.5, 0.6) is 5.75 Å². The summed E-state index contributed by atoms with van der Waals surface area (Å²) in [6.07, 6.45) is 3.59. The predicted molar refractivity (Wildman–Crippen MR) is 113 cm³/mol. The van der Waals surface area contributed by atoms with Crippen molar-refractivity contribution < 1.29 is 14.7 Å². The number of imide groups is 1. The Balaban J connectivity index is 1.59. The van der Waals surface area contributed by atoms with Gasteiger partial charge in [0.15, 0.2) is 0 Å². The molecule has 0 bridgehead atoms. The van der Waals surface area contributed by atoms with Gasteiger partial charge in [0.05, 0.1) is 11.4 Å². The summed E-state index contributed by atoms with van der Waals surface area (Å²) < 4.78 is 2.84. The van der Waals surface area contributed by atoms with E-state index in [1.807, 2.05) is 47.2 Å². The number of hydrogen-bond acceptors (Lipinski definition) is 4. The summed E-state index contributed by atoms with van der Waals surface area (Å²) in [4.78, 5) is 26.8. The second-order valence-electron chi connectivity index (χ2n) is 6.21. The monoisotopic (exact) mass is 454 g/mol. The predicted octanol–water partition coefficient (Wildman–Crippen LogP) is 5.18. The summed E-state index contributed by atoms with van der Waals surface area (Å²) in [6, 6.07) is 18.0. The molecule has 140 valence electrons. The fourth-order valence-electron chi connectivity index (χ4n) is 2.90. The van der Waals surface area contributed by atoms with Crippen LogP contribution >= 0.6 is 27.7 Å². The maximum Gasteiger partial charge on any atom is 0.293 e. The molecule has 5 nitrogen and oxygen atoms in total. The van der Waals surface area contributed by atoms with Crippen LogP contribution in [0.15, 0.2) is 76.2 Å². The Morgan fingerprint density at radius 3 is 2.43 bits per heavy atom. The van der Waals surface area contributed by atoms with Crippen LogP contribution in [-0.4, -0.2) is 25.7 Å². The van der Waals surface area contributed by atoms with Gasteiger partial charge in [-0.2, -0.15) is 0 Å². The summed E-state index contributed by atoms with van der Waals surface area (Å²) in [5.74, 6) is -0.108. The van der Waals surface area contributed by atoms with E-state index in [0.29, 0.717) is 4.91 Å². The number of hydrogen-bond donors (Lipinski definition) is 1. The minimum absolute atomic E-state index is 0.187. The minimum atomic E-state index is -0.295. The molecule has 0 radical (unpaired) electrons. The van der Waals surface area contributed by atoms with Gasteiger partial charge in [0.2, 0.25) is 0 Å². The molecule has 4 rings (SSSR count). The second kappa shape index (κ2) is 7.69. The molecule has 2 aromatic carbocycles. The van der Waals surface area contributed by atoms with Crippen molar-refractivity contribution in [2.24, 2.45) is 0 Å². The number of rotatable bonds is 4. The van der Waals surface area contributed by atoms with Gasteiger partial charge in [-0.25, -0.2) is 0 Å². The van der Waals surface area contributed by atoms with Crippen LogP contribution in [0.3, 0.4) is 0 Å². The molecule has 2 amide bonds. The van der Waals surface area contributed by atoms with Crippen molar-refractivity contribution in [1.29, 1.82) is 0 Å². The number of nitrogens with zero attached hydrogens (tertiary/aromatic N) is 2. The Labute approximate surface area is 174 Å². The van der Waals surface area contributed by atoms with E-state index in [1.165, 1.54) is 4.90 Å². The van der Waals surface area contributed by atoms with Gasteiger partial charge in [-0.05, 0) is 71.9 Å². The maximum atomic E-state index is 12.8. The van der Waals surface area contributed by atoms with Crippen LogP contribution in [0.1, 0.15) is 11.3 Å². The van der Waals surface area contributed by atoms with E-state index in [1.54, 1.807) is 30.3 Å². The number of amides is 2. The second-order valence-corrected chi connectivity index (χ2v) is 8.12. The SMILES string of the molecule is O=C1S/C(=C\c2cccn2-c2ccc(O)cc2)C(=O)N1Cc1ccc(Br)cc1.